The Bertz CT molecular complexity index is 452. The van der Waals surface area contributed by atoms with Crippen molar-refractivity contribution in [3.05, 3.63) is 22.8 Å². The van der Waals surface area contributed by atoms with E-state index in [-0.39, 0.29) is 6.10 Å². The van der Waals surface area contributed by atoms with Crippen molar-refractivity contribution in [2.45, 2.75) is 18.9 Å². The first-order valence-corrected chi connectivity index (χ1v) is 5.92. The first kappa shape index (κ1) is 12.2. The van der Waals surface area contributed by atoms with Crippen LogP contribution in [-0.2, 0) is 0 Å². The van der Waals surface area contributed by atoms with Gasteiger partial charge in [0.05, 0.1) is 16.7 Å². The quantitative estimate of drug-likeness (QED) is 0.890. The minimum Gasteiger partial charge on any atom is -0.393 e. The molecule has 0 radical (unpaired) electrons. The van der Waals surface area contributed by atoms with E-state index in [1.54, 1.807) is 6.07 Å². The highest BCUT2D eigenvalue weighted by Crippen LogP contribution is 2.30. The fourth-order valence-electron chi connectivity index (χ4n) is 2.10. The van der Waals surface area contributed by atoms with Crippen LogP contribution >= 0.6 is 11.6 Å². The maximum Gasteiger partial charge on any atom is 0.147 e. The number of rotatable bonds is 3. The average molecular weight is 252 g/mol. The molecule has 0 atom stereocenters. The van der Waals surface area contributed by atoms with Gasteiger partial charge in [-0.2, -0.15) is 5.26 Å². The lowest BCUT2D eigenvalue weighted by Crippen LogP contribution is -2.37. The van der Waals surface area contributed by atoms with Crippen molar-refractivity contribution in [1.29, 1.82) is 5.26 Å². The Morgan fingerprint density at radius 2 is 2.35 bits per heavy atom. The molecule has 0 saturated heterocycles. The van der Waals surface area contributed by atoms with Crippen molar-refractivity contribution in [2.75, 3.05) is 18.5 Å². The lowest BCUT2D eigenvalue weighted by molar-refractivity contribution is 0.0464. The summed E-state index contributed by atoms with van der Waals surface area (Å²) in [5.41, 5.74) is 0.464. The molecule has 1 saturated carbocycles. The molecule has 17 heavy (non-hydrogen) atoms. The first-order chi connectivity index (χ1) is 8.10. The van der Waals surface area contributed by atoms with Gasteiger partial charge in [-0.3, -0.25) is 0 Å². The van der Waals surface area contributed by atoms with Gasteiger partial charge in [-0.1, -0.05) is 11.6 Å². The number of aromatic nitrogens is 1. The topological polar surface area (TPSA) is 60.1 Å². The predicted molar refractivity (Wildman–Crippen MR) is 66.0 cm³/mol. The molecule has 0 aromatic carbocycles. The van der Waals surface area contributed by atoms with E-state index in [1.165, 1.54) is 6.20 Å². The Morgan fingerprint density at radius 3 is 2.88 bits per heavy atom. The third-order valence-electron chi connectivity index (χ3n) is 3.06. The molecule has 1 N–H and O–H groups in total. The Morgan fingerprint density at radius 1 is 1.65 bits per heavy atom. The zero-order chi connectivity index (χ0) is 12.4. The minimum absolute atomic E-state index is 0.141. The smallest absolute Gasteiger partial charge is 0.147 e. The van der Waals surface area contributed by atoms with Crippen LogP contribution in [0.2, 0.25) is 5.02 Å². The van der Waals surface area contributed by atoms with E-state index >= 15 is 0 Å². The van der Waals surface area contributed by atoms with Gasteiger partial charge in [0.2, 0.25) is 0 Å². The SMILES string of the molecule is CN(CC1CC(O)C1)c1ncc(C#N)cc1Cl. The van der Waals surface area contributed by atoms with Crippen LogP contribution in [0.5, 0.6) is 0 Å². The van der Waals surface area contributed by atoms with E-state index in [9.17, 15) is 5.11 Å². The lowest BCUT2D eigenvalue weighted by Gasteiger charge is -2.35. The number of halogens is 1. The van der Waals surface area contributed by atoms with Gasteiger partial charge in [-0.25, -0.2) is 4.98 Å². The molecular weight excluding hydrogens is 238 g/mol. The third-order valence-corrected chi connectivity index (χ3v) is 3.33. The lowest BCUT2D eigenvalue weighted by atomic mass is 9.82. The maximum absolute atomic E-state index is 9.23. The van der Waals surface area contributed by atoms with Gasteiger partial charge in [0, 0.05) is 19.8 Å². The molecule has 1 aliphatic carbocycles. The average Bonchev–Trinajstić information content (AvgIpc) is 2.26. The van der Waals surface area contributed by atoms with Crippen LogP contribution in [0.4, 0.5) is 5.82 Å². The summed E-state index contributed by atoms with van der Waals surface area (Å²) in [6.45, 7) is 0.829. The van der Waals surface area contributed by atoms with E-state index in [1.807, 2.05) is 18.0 Å². The van der Waals surface area contributed by atoms with Crippen molar-refractivity contribution < 1.29 is 5.11 Å². The van der Waals surface area contributed by atoms with Crippen LogP contribution in [-0.4, -0.2) is 29.8 Å². The Labute approximate surface area is 105 Å². The standard InChI is InChI=1S/C12H14ClN3O/c1-16(7-8-2-10(17)3-8)12-11(13)4-9(5-14)6-15-12/h4,6,8,10,17H,2-3,7H2,1H3. The Balaban J connectivity index is 2.04. The van der Waals surface area contributed by atoms with E-state index in [0.29, 0.717) is 22.3 Å². The van der Waals surface area contributed by atoms with Crippen LogP contribution in [0.15, 0.2) is 12.3 Å². The number of nitrogens with zero attached hydrogens (tertiary/aromatic N) is 3. The van der Waals surface area contributed by atoms with Gasteiger partial charge in [0.15, 0.2) is 0 Å². The fraction of sp³-hybridized carbons (Fsp3) is 0.500. The van der Waals surface area contributed by atoms with E-state index in [2.05, 4.69) is 4.98 Å². The fourth-order valence-corrected chi connectivity index (χ4v) is 2.41. The highest BCUT2D eigenvalue weighted by molar-refractivity contribution is 6.33. The third kappa shape index (κ3) is 2.68. The number of aliphatic hydroxyl groups excluding tert-OH is 1. The van der Waals surface area contributed by atoms with Gasteiger partial charge in [-0.15, -0.1) is 0 Å². The molecule has 0 spiro atoms. The number of aliphatic hydroxyl groups is 1. The summed E-state index contributed by atoms with van der Waals surface area (Å²) < 4.78 is 0. The van der Waals surface area contributed by atoms with E-state index in [4.69, 9.17) is 16.9 Å². The Hall–Kier alpha value is -1.31. The molecule has 1 aromatic rings. The number of pyridine rings is 1. The van der Waals surface area contributed by atoms with Crippen LogP contribution in [0.1, 0.15) is 18.4 Å². The van der Waals surface area contributed by atoms with Gasteiger partial charge >= 0.3 is 0 Å². The zero-order valence-corrected chi connectivity index (χ0v) is 10.4. The van der Waals surface area contributed by atoms with Gasteiger partial charge in [-0.05, 0) is 24.8 Å². The second-order valence-corrected chi connectivity index (χ2v) is 4.92. The van der Waals surface area contributed by atoms with Gasteiger partial charge in [0.25, 0.3) is 0 Å². The molecule has 0 aliphatic heterocycles. The van der Waals surface area contributed by atoms with E-state index < -0.39 is 0 Å². The summed E-state index contributed by atoms with van der Waals surface area (Å²) in [5, 5.41) is 18.4. The molecule has 0 unspecified atom stereocenters. The van der Waals surface area contributed by atoms with Crippen molar-refractivity contribution in [3.8, 4) is 6.07 Å². The zero-order valence-electron chi connectivity index (χ0n) is 9.60. The summed E-state index contributed by atoms with van der Waals surface area (Å²) in [6.07, 6.45) is 3.07. The number of hydrogen-bond acceptors (Lipinski definition) is 4. The predicted octanol–water partition coefficient (Wildman–Crippen LogP) is 1.81. The van der Waals surface area contributed by atoms with Crippen molar-refractivity contribution in [1.82, 2.24) is 4.98 Å². The van der Waals surface area contributed by atoms with Crippen LogP contribution in [0.25, 0.3) is 0 Å². The largest absolute Gasteiger partial charge is 0.393 e. The second-order valence-electron chi connectivity index (χ2n) is 4.51. The number of hydrogen-bond donors (Lipinski definition) is 1. The van der Waals surface area contributed by atoms with Crippen molar-refractivity contribution in [2.24, 2.45) is 5.92 Å². The second kappa shape index (κ2) is 4.91. The molecule has 90 valence electrons. The highest BCUT2D eigenvalue weighted by Gasteiger charge is 2.28. The molecule has 0 bridgehead atoms. The number of nitriles is 1. The summed E-state index contributed by atoms with van der Waals surface area (Å²) in [5.74, 6) is 1.19. The summed E-state index contributed by atoms with van der Waals surface area (Å²) >= 11 is 6.07. The maximum atomic E-state index is 9.23. The van der Waals surface area contributed by atoms with E-state index in [0.717, 1.165) is 19.4 Å². The van der Waals surface area contributed by atoms with Gasteiger partial charge < -0.3 is 10.0 Å². The van der Waals surface area contributed by atoms with Crippen LogP contribution in [0.3, 0.4) is 0 Å². The summed E-state index contributed by atoms with van der Waals surface area (Å²) in [6, 6.07) is 3.63. The first-order valence-electron chi connectivity index (χ1n) is 5.55. The normalized spacial score (nSPS) is 22.7. The summed E-state index contributed by atoms with van der Waals surface area (Å²) in [7, 11) is 1.92. The molecular formula is C12H14ClN3O. The molecule has 1 aliphatic rings. The highest BCUT2D eigenvalue weighted by atomic mass is 35.5. The summed E-state index contributed by atoms with van der Waals surface area (Å²) in [4.78, 5) is 6.16. The molecule has 4 nitrogen and oxygen atoms in total. The van der Waals surface area contributed by atoms with Crippen molar-refractivity contribution >= 4 is 17.4 Å². The van der Waals surface area contributed by atoms with Crippen molar-refractivity contribution in [3.63, 3.8) is 0 Å². The molecule has 1 aromatic heterocycles. The monoisotopic (exact) mass is 251 g/mol. The molecule has 5 heteroatoms. The number of anilines is 1. The minimum atomic E-state index is -0.141. The van der Waals surface area contributed by atoms with Crippen LogP contribution < -0.4 is 4.90 Å². The Kier molecular flexibility index (Phi) is 3.51. The molecule has 2 rings (SSSR count). The van der Waals surface area contributed by atoms with Crippen LogP contribution in [0, 0.1) is 17.2 Å². The molecule has 1 fully saturated rings. The van der Waals surface area contributed by atoms with Gasteiger partial charge in [0.1, 0.15) is 11.9 Å². The molecule has 0 amide bonds. The molecule has 1 heterocycles.